The Balaban J connectivity index is 3.19. The minimum atomic E-state index is -0.660. The normalized spacial score (nSPS) is 12.2. The van der Waals surface area contributed by atoms with Gasteiger partial charge in [0, 0.05) is 16.6 Å². The number of halogens is 2. The molecule has 14 heavy (non-hydrogen) atoms. The lowest BCUT2D eigenvalue weighted by atomic mass is 10.0. The van der Waals surface area contributed by atoms with Crippen LogP contribution in [0.4, 0.5) is 4.39 Å². The number of hydrogen-bond acceptors (Lipinski definition) is 2. The van der Waals surface area contributed by atoms with E-state index >= 15 is 0 Å². The van der Waals surface area contributed by atoms with Gasteiger partial charge in [0.25, 0.3) is 0 Å². The molecule has 0 aliphatic rings. The van der Waals surface area contributed by atoms with Crippen LogP contribution in [0.15, 0.2) is 12.1 Å². The Bertz CT molecular complexity index is 384. The standard InChI is InChI=1S/C10H10ClFN2/c1-6-2-3-7(11)9(10(6)12)8(14)4-5-13/h2-3,8H,4,14H2,1H3/t8-/m0/s1. The van der Waals surface area contributed by atoms with E-state index in [1.54, 1.807) is 19.1 Å². The zero-order valence-electron chi connectivity index (χ0n) is 7.72. The van der Waals surface area contributed by atoms with Gasteiger partial charge < -0.3 is 5.73 Å². The summed E-state index contributed by atoms with van der Waals surface area (Å²) in [6, 6.07) is 4.40. The van der Waals surface area contributed by atoms with Crippen molar-refractivity contribution in [3.8, 4) is 6.07 Å². The van der Waals surface area contributed by atoms with Crippen LogP contribution in [0.25, 0.3) is 0 Å². The van der Waals surface area contributed by atoms with E-state index in [1.165, 1.54) is 0 Å². The lowest BCUT2D eigenvalue weighted by Gasteiger charge is -2.12. The minimum Gasteiger partial charge on any atom is -0.323 e. The van der Waals surface area contributed by atoms with E-state index in [4.69, 9.17) is 22.6 Å². The van der Waals surface area contributed by atoms with Crippen molar-refractivity contribution in [2.45, 2.75) is 19.4 Å². The van der Waals surface area contributed by atoms with Crippen LogP contribution in [0.3, 0.4) is 0 Å². The number of nitrogens with zero attached hydrogens (tertiary/aromatic N) is 1. The van der Waals surface area contributed by atoms with Gasteiger partial charge in [-0.2, -0.15) is 5.26 Å². The van der Waals surface area contributed by atoms with Crippen molar-refractivity contribution < 1.29 is 4.39 Å². The summed E-state index contributed by atoms with van der Waals surface area (Å²) in [7, 11) is 0. The second kappa shape index (κ2) is 4.41. The van der Waals surface area contributed by atoms with Crippen LogP contribution in [0.1, 0.15) is 23.6 Å². The summed E-state index contributed by atoms with van der Waals surface area (Å²) < 4.78 is 13.6. The van der Waals surface area contributed by atoms with Crippen LogP contribution in [0.5, 0.6) is 0 Å². The van der Waals surface area contributed by atoms with Crippen molar-refractivity contribution in [1.29, 1.82) is 5.26 Å². The molecule has 1 aromatic carbocycles. The highest BCUT2D eigenvalue weighted by atomic mass is 35.5. The van der Waals surface area contributed by atoms with Crippen LogP contribution in [0, 0.1) is 24.1 Å². The molecule has 1 rings (SSSR count). The summed E-state index contributed by atoms with van der Waals surface area (Å²) in [5.41, 5.74) is 6.34. The Morgan fingerprint density at radius 1 is 1.64 bits per heavy atom. The third-order valence-corrected chi connectivity index (χ3v) is 2.33. The fourth-order valence-corrected chi connectivity index (χ4v) is 1.50. The van der Waals surface area contributed by atoms with Crippen LogP contribution in [-0.4, -0.2) is 0 Å². The van der Waals surface area contributed by atoms with E-state index in [9.17, 15) is 4.39 Å². The van der Waals surface area contributed by atoms with Crippen LogP contribution < -0.4 is 5.73 Å². The lowest BCUT2D eigenvalue weighted by Crippen LogP contribution is -2.12. The Kier molecular flexibility index (Phi) is 3.45. The number of nitriles is 1. The molecule has 0 spiro atoms. The molecule has 0 saturated heterocycles. The quantitative estimate of drug-likeness (QED) is 0.820. The molecule has 0 aromatic heterocycles. The van der Waals surface area contributed by atoms with Gasteiger partial charge in [0.1, 0.15) is 5.82 Å². The molecule has 4 heteroatoms. The average molecular weight is 213 g/mol. The van der Waals surface area contributed by atoms with Gasteiger partial charge in [0.2, 0.25) is 0 Å². The maximum atomic E-state index is 13.6. The highest BCUT2D eigenvalue weighted by Gasteiger charge is 2.16. The first-order valence-corrected chi connectivity index (χ1v) is 4.52. The average Bonchev–Trinajstić information content (AvgIpc) is 2.13. The van der Waals surface area contributed by atoms with Crippen molar-refractivity contribution in [1.82, 2.24) is 0 Å². The summed E-state index contributed by atoms with van der Waals surface area (Å²) in [5.74, 6) is -0.416. The molecule has 0 heterocycles. The number of hydrogen-bond donors (Lipinski definition) is 1. The molecule has 0 radical (unpaired) electrons. The molecule has 0 amide bonds. The zero-order valence-corrected chi connectivity index (χ0v) is 8.48. The van der Waals surface area contributed by atoms with Gasteiger partial charge in [-0.05, 0) is 18.6 Å². The molecule has 0 aliphatic carbocycles. The number of benzene rings is 1. The van der Waals surface area contributed by atoms with Crippen molar-refractivity contribution in [3.63, 3.8) is 0 Å². The monoisotopic (exact) mass is 212 g/mol. The highest BCUT2D eigenvalue weighted by molar-refractivity contribution is 6.31. The van der Waals surface area contributed by atoms with Crippen molar-refractivity contribution in [2.75, 3.05) is 0 Å². The van der Waals surface area contributed by atoms with Crippen molar-refractivity contribution in [3.05, 3.63) is 34.1 Å². The molecular weight excluding hydrogens is 203 g/mol. The molecule has 0 saturated carbocycles. The maximum absolute atomic E-state index is 13.6. The number of rotatable bonds is 2. The molecule has 2 nitrogen and oxygen atoms in total. The van der Waals surface area contributed by atoms with Gasteiger partial charge in [0.05, 0.1) is 12.5 Å². The topological polar surface area (TPSA) is 49.8 Å². The van der Waals surface area contributed by atoms with E-state index in [0.717, 1.165) is 0 Å². The Morgan fingerprint density at radius 3 is 2.86 bits per heavy atom. The largest absolute Gasteiger partial charge is 0.323 e. The van der Waals surface area contributed by atoms with Crippen molar-refractivity contribution in [2.24, 2.45) is 5.73 Å². The van der Waals surface area contributed by atoms with E-state index < -0.39 is 11.9 Å². The second-order valence-electron chi connectivity index (χ2n) is 3.06. The lowest BCUT2D eigenvalue weighted by molar-refractivity contribution is 0.577. The third-order valence-electron chi connectivity index (χ3n) is 2.00. The maximum Gasteiger partial charge on any atom is 0.132 e. The molecule has 0 unspecified atom stereocenters. The highest BCUT2D eigenvalue weighted by Crippen LogP contribution is 2.28. The summed E-state index contributed by atoms with van der Waals surface area (Å²) in [4.78, 5) is 0. The Labute approximate surface area is 87.1 Å². The number of aryl methyl sites for hydroxylation is 1. The third kappa shape index (κ3) is 2.03. The second-order valence-corrected chi connectivity index (χ2v) is 3.47. The Hall–Kier alpha value is -1.11. The van der Waals surface area contributed by atoms with Gasteiger partial charge >= 0.3 is 0 Å². The van der Waals surface area contributed by atoms with E-state index in [0.29, 0.717) is 5.56 Å². The van der Waals surface area contributed by atoms with Gasteiger partial charge in [-0.15, -0.1) is 0 Å². The van der Waals surface area contributed by atoms with Gasteiger partial charge in [-0.3, -0.25) is 0 Å². The van der Waals surface area contributed by atoms with E-state index in [1.807, 2.05) is 6.07 Å². The van der Waals surface area contributed by atoms with Crippen LogP contribution in [-0.2, 0) is 0 Å². The first-order chi connectivity index (χ1) is 6.57. The van der Waals surface area contributed by atoms with Crippen LogP contribution >= 0.6 is 11.6 Å². The molecule has 1 aromatic rings. The van der Waals surface area contributed by atoms with Crippen molar-refractivity contribution >= 4 is 11.6 Å². The predicted octanol–water partition coefficient (Wildman–Crippen LogP) is 2.70. The molecule has 1 atom stereocenters. The Morgan fingerprint density at radius 2 is 2.29 bits per heavy atom. The number of nitrogens with two attached hydrogens (primary N) is 1. The van der Waals surface area contributed by atoms with Gasteiger partial charge in [-0.1, -0.05) is 17.7 Å². The molecule has 2 N–H and O–H groups in total. The first kappa shape index (κ1) is 11.0. The zero-order chi connectivity index (χ0) is 10.7. The predicted molar refractivity (Wildman–Crippen MR) is 53.3 cm³/mol. The van der Waals surface area contributed by atoms with Gasteiger partial charge in [-0.25, -0.2) is 4.39 Å². The first-order valence-electron chi connectivity index (χ1n) is 4.15. The smallest absolute Gasteiger partial charge is 0.132 e. The molecular formula is C10H10ClFN2. The summed E-state index contributed by atoms with van der Waals surface area (Å²) >= 11 is 5.80. The van der Waals surface area contributed by atoms with Gasteiger partial charge in [0.15, 0.2) is 0 Å². The fourth-order valence-electron chi connectivity index (χ4n) is 1.22. The summed E-state index contributed by atoms with van der Waals surface area (Å²) in [6.07, 6.45) is 0.0556. The molecule has 0 bridgehead atoms. The van der Waals surface area contributed by atoms with E-state index in [-0.39, 0.29) is 17.0 Å². The fraction of sp³-hybridized carbons (Fsp3) is 0.300. The molecule has 0 fully saturated rings. The minimum absolute atomic E-state index is 0.0556. The SMILES string of the molecule is Cc1ccc(Cl)c([C@@H](N)CC#N)c1F. The summed E-state index contributed by atoms with van der Waals surface area (Å²) in [6.45, 7) is 1.63. The van der Waals surface area contributed by atoms with Crippen LogP contribution in [0.2, 0.25) is 5.02 Å². The molecule has 0 aliphatic heterocycles. The summed E-state index contributed by atoms with van der Waals surface area (Å²) in [5, 5.41) is 8.73. The van der Waals surface area contributed by atoms with E-state index in [2.05, 4.69) is 0 Å². The molecule has 74 valence electrons.